The summed E-state index contributed by atoms with van der Waals surface area (Å²) >= 11 is 1.62. The normalized spacial score (nSPS) is 17.2. The van der Waals surface area contributed by atoms with Crippen LogP contribution in [-0.4, -0.2) is 58.0 Å². The molecule has 166 valence electrons. The highest BCUT2D eigenvalue weighted by Gasteiger charge is 2.44. The molecule has 2 saturated heterocycles. The van der Waals surface area contributed by atoms with Crippen molar-refractivity contribution in [1.29, 1.82) is 5.26 Å². The first kappa shape index (κ1) is 20.1. The first-order valence-corrected chi connectivity index (χ1v) is 11.9. The van der Waals surface area contributed by atoms with Gasteiger partial charge in [-0.1, -0.05) is 11.3 Å². The van der Waals surface area contributed by atoms with Gasteiger partial charge in [0.25, 0.3) is 0 Å². The van der Waals surface area contributed by atoms with Gasteiger partial charge in [-0.15, -0.1) is 10.2 Å². The molecule has 10 heteroatoms. The minimum Gasteiger partial charge on any atom is -0.387 e. The summed E-state index contributed by atoms with van der Waals surface area (Å²) in [4.78, 5) is 7.06. The molecule has 0 saturated carbocycles. The van der Waals surface area contributed by atoms with Crippen LogP contribution in [0, 0.1) is 16.7 Å². The smallest absolute Gasteiger partial charge is 0.208 e. The van der Waals surface area contributed by atoms with Crippen molar-refractivity contribution in [2.45, 2.75) is 12.8 Å². The van der Waals surface area contributed by atoms with Crippen molar-refractivity contribution in [3.8, 4) is 28.0 Å². The highest BCUT2D eigenvalue weighted by molar-refractivity contribution is 7.18. The Labute approximate surface area is 195 Å². The van der Waals surface area contributed by atoms with Crippen molar-refractivity contribution in [2.24, 2.45) is 5.41 Å². The summed E-state index contributed by atoms with van der Waals surface area (Å²) in [6, 6.07) is 9.86. The first-order valence-electron chi connectivity index (χ1n) is 11.0. The molecule has 2 aliphatic heterocycles. The van der Waals surface area contributed by atoms with E-state index in [1.165, 1.54) is 12.8 Å². The third-order valence-electron chi connectivity index (χ3n) is 6.70. The Hall–Kier alpha value is -3.55. The van der Waals surface area contributed by atoms with Crippen LogP contribution in [-0.2, 0) is 0 Å². The van der Waals surface area contributed by atoms with Crippen LogP contribution in [0.1, 0.15) is 18.4 Å². The third kappa shape index (κ3) is 3.41. The number of fused-ring (bicyclic) bond motifs is 1. The molecule has 0 unspecified atom stereocenters. The topological polar surface area (TPSA) is 107 Å². The molecule has 6 rings (SSSR count). The lowest BCUT2D eigenvalue weighted by molar-refractivity contribution is 0.149. The number of nitrogens with one attached hydrogen (secondary N) is 2. The van der Waals surface area contributed by atoms with E-state index >= 15 is 0 Å². The summed E-state index contributed by atoms with van der Waals surface area (Å²) in [5.41, 5.74) is 5.37. The minimum absolute atomic E-state index is 0.457. The van der Waals surface area contributed by atoms with Crippen molar-refractivity contribution < 1.29 is 0 Å². The van der Waals surface area contributed by atoms with Gasteiger partial charge in [0, 0.05) is 37.4 Å². The zero-order valence-electron chi connectivity index (χ0n) is 18.2. The van der Waals surface area contributed by atoms with E-state index in [1.54, 1.807) is 22.0 Å². The Bertz CT molecular complexity index is 1370. The maximum absolute atomic E-state index is 9.11. The molecule has 2 aliphatic rings. The number of piperidine rings is 1. The second-order valence-electron chi connectivity index (χ2n) is 8.77. The largest absolute Gasteiger partial charge is 0.387 e. The van der Waals surface area contributed by atoms with E-state index in [0.29, 0.717) is 11.0 Å². The number of hydrogen-bond acceptors (Lipinski definition) is 9. The SMILES string of the molecule is CNc1cc(-c2ccc3cc(C#N)cnn23)ncc1-c1nnc(N2CC3(CCNCC3)C2)s1. The lowest BCUT2D eigenvalue weighted by atomic mass is 9.73. The Morgan fingerprint density at radius 2 is 2.00 bits per heavy atom. The molecule has 6 heterocycles. The zero-order chi connectivity index (χ0) is 22.4. The number of nitrogens with zero attached hydrogens (tertiary/aromatic N) is 7. The van der Waals surface area contributed by atoms with Crippen LogP contribution in [0.4, 0.5) is 10.8 Å². The zero-order valence-corrected chi connectivity index (χ0v) is 19.1. The second-order valence-corrected chi connectivity index (χ2v) is 9.73. The maximum atomic E-state index is 9.11. The van der Waals surface area contributed by atoms with Crippen LogP contribution >= 0.6 is 11.3 Å². The standard InChI is InChI=1S/C23H23N9S/c1-25-18-9-19(20-3-2-16-8-15(10-24)11-28-32(16)20)27-12-17(18)21-29-30-22(33-21)31-13-23(14-31)4-6-26-7-5-23/h2-3,8-9,11-12,26H,4-7,13-14H2,1H3,(H,25,27). The Kier molecular flexibility index (Phi) is 4.74. The fourth-order valence-electron chi connectivity index (χ4n) is 4.85. The number of rotatable bonds is 4. The van der Waals surface area contributed by atoms with Crippen molar-refractivity contribution in [2.75, 3.05) is 43.4 Å². The molecule has 0 aliphatic carbocycles. The minimum atomic E-state index is 0.457. The summed E-state index contributed by atoms with van der Waals surface area (Å²) in [5.74, 6) is 0. The van der Waals surface area contributed by atoms with Crippen molar-refractivity contribution >= 4 is 27.7 Å². The quantitative estimate of drug-likeness (QED) is 0.482. The average Bonchev–Trinajstić information content (AvgIpc) is 3.49. The molecule has 0 atom stereocenters. The van der Waals surface area contributed by atoms with Crippen molar-refractivity contribution in [1.82, 2.24) is 30.1 Å². The highest BCUT2D eigenvalue weighted by atomic mass is 32.1. The summed E-state index contributed by atoms with van der Waals surface area (Å²) < 4.78 is 1.80. The molecular weight excluding hydrogens is 434 g/mol. The summed E-state index contributed by atoms with van der Waals surface area (Å²) in [5, 5.41) is 31.1. The fourth-order valence-corrected chi connectivity index (χ4v) is 5.72. The summed E-state index contributed by atoms with van der Waals surface area (Å²) in [6.45, 7) is 4.37. The summed E-state index contributed by atoms with van der Waals surface area (Å²) in [7, 11) is 1.90. The Balaban J connectivity index is 1.27. The molecule has 2 N–H and O–H groups in total. The van der Waals surface area contributed by atoms with Crippen LogP contribution in [0.25, 0.3) is 27.5 Å². The molecule has 0 radical (unpaired) electrons. The predicted molar refractivity (Wildman–Crippen MR) is 128 cm³/mol. The van der Waals surface area contributed by atoms with E-state index in [4.69, 9.17) is 10.2 Å². The van der Waals surface area contributed by atoms with Crippen LogP contribution in [0.5, 0.6) is 0 Å². The lowest BCUT2D eigenvalue weighted by Gasteiger charge is -2.52. The van der Waals surface area contributed by atoms with Gasteiger partial charge in [0.2, 0.25) is 5.13 Å². The molecule has 0 aromatic carbocycles. The van der Waals surface area contributed by atoms with Gasteiger partial charge in [-0.05, 0) is 50.2 Å². The number of pyridine rings is 1. The number of hydrogen-bond donors (Lipinski definition) is 2. The van der Waals surface area contributed by atoms with E-state index < -0.39 is 0 Å². The summed E-state index contributed by atoms with van der Waals surface area (Å²) in [6.07, 6.45) is 5.90. The van der Waals surface area contributed by atoms with Gasteiger partial charge in [0.15, 0.2) is 5.01 Å². The van der Waals surface area contributed by atoms with Crippen LogP contribution in [0.15, 0.2) is 36.7 Å². The van der Waals surface area contributed by atoms with Crippen molar-refractivity contribution in [3.63, 3.8) is 0 Å². The molecular formula is C23H23N9S. The van der Waals surface area contributed by atoms with E-state index in [-0.39, 0.29) is 0 Å². The molecule has 0 bridgehead atoms. The molecule has 2 fully saturated rings. The first-order chi connectivity index (χ1) is 16.2. The molecule has 4 aromatic rings. The van der Waals surface area contributed by atoms with Gasteiger partial charge in [0.05, 0.1) is 34.2 Å². The number of anilines is 2. The number of aromatic nitrogens is 5. The molecule has 4 aromatic heterocycles. The van der Waals surface area contributed by atoms with Crippen LogP contribution in [0.2, 0.25) is 0 Å². The van der Waals surface area contributed by atoms with Gasteiger partial charge in [-0.2, -0.15) is 10.4 Å². The highest BCUT2D eigenvalue weighted by Crippen LogP contribution is 2.43. The molecule has 33 heavy (non-hydrogen) atoms. The van der Waals surface area contributed by atoms with Crippen LogP contribution in [0.3, 0.4) is 0 Å². The van der Waals surface area contributed by atoms with Crippen molar-refractivity contribution in [3.05, 3.63) is 42.2 Å². The van der Waals surface area contributed by atoms with E-state index in [1.807, 2.05) is 37.5 Å². The van der Waals surface area contributed by atoms with Crippen LogP contribution < -0.4 is 15.5 Å². The van der Waals surface area contributed by atoms with Gasteiger partial charge >= 0.3 is 0 Å². The Morgan fingerprint density at radius 1 is 1.15 bits per heavy atom. The third-order valence-corrected chi connectivity index (χ3v) is 7.71. The van der Waals surface area contributed by atoms with E-state index in [2.05, 4.69) is 36.9 Å². The van der Waals surface area contributed by atoms with Gasteiger partial charge in [0.1, 0.15) is 6.07 Å². The predicted octanol–water partition coefficient (Wildman–Crippen LogP) is 3.02. The van der Waals surface area contributed by atoms with Gasteiger partial charge in [-0.25, -0.2) is 4.52 Å². The molecule has 9 nitrogen and oxygen atoms in total. The van der Waals surface area contributed by atoms with Gasteiger partial charge < -0.3 is 15.5 Å². The van der Waals surface area contributed by atoms with Gasteiger partial charge in [-0.3, -0.25) is 4.98 Å². The lowest BCUT2D eigenvalue weighted by Crippen LogP contribution is -2.60. The molecule has 0 amide bonds. The fraction of sp³-hybridized carbons (Fsp3) is 0.348. The van der Waals surface area contributed by atoms with E-state index in [9.17, 15) is 0 Å². The molecule has 1 spiro atoms. The maximum Gasteiger partial charge on any atom is 0.208 e. The Morgan fingerprint density at radius 3 is 2.79 bits per heavy atom. The number of nitriles is 1. The second kappa shape index (κ2) is 7.79. The monoisotopic (exact) mass is 457 g/mol. The average molecular weight is 458 g/mol. The van der Waals surface area contributed by atoms with E-state index in [0.717, 1.165) is 64.5 Å².